The third-order valence-electron chi connectivity index (χ3n) is 2.44. The smallest absolute Gasteiger partial charge is 0.179 e. The molecule has 0 fully saturated rings. The molecule has 0 spiro atoms. The van der Waals surface area contributed by atoms with Crippen LogP contribution in [0.2, 0.25) is 0 Å². The predicted molar refractivity (Wildman–Crippen MR) is 65.8 cm³/mol. The van der Waals surface area contributed by atoms with Gasteiger partial charge in [-0.25, -0.2) is 4.63 Å². The predicted octanol–water partition coefficient (Wildman–Crippen LogP) is 1.47. The minimum Gasteiger partial charge on any atom is -0.494 e. The molecular weight excluding hydrogens is 260 g/mol. The second kappa shape index (κ2) is 5.38. The van der Waals surface area contributed by atoms with Crippen molar-refractivity contribution >= 4 is 16.7 Å². The van der Waals surface area contributed by atoms with E-state index in [4.69, 9.17) is 20.5 Å². The Hall–Kier alpha value is -3.57. The van der Waals surface area contributed by atoms with Gasteiger partial charge >= 0.3 is 0 Å². The molecule has 1 aromatic carbocycles. The van der Waals surface area contributed by atoms with Crippen molar-refractivity contribution in [1.82, 2.24) is 10.3 Å². The molecule has 1 heterocycles. The Bertz CT molecular complexity index is 799. The quantitative estimate of drug-likeness (QED) is 0.826. The molecular formula is C12H6N6O2. The molecule has 0 bridgehead atoms. The summed E-state index contributed by atoms with van der Waals surface area (Å²) >= 11 is 0. The lowest BCUT2D eigenvalue weighted by molar-refractivity contribution is 0.314. The van der Waals surface area contributed by atoms with Crippen LogP contribution in [0.1, 0.15) is 0 Å². The van der Waals surface area contributed by atoms with E-state index in [-0.39, 0.29) is 11.3 Å². The molecule has 2 aromatic rings. The molecule has 8 nitrogen and oxygen atoms in total. The van der Waals surface area contributed by atoms with Crippen molar-refractivity contribution in [2.24, 2.45) is 0 Å². The van der Waals surface area contributed by atoms with Gasteiger partial charge in [0.05, 0.1) is 12.8 Å². The van der Waals surface area contributed by atoms with Crippen LogP contribution in [0.15, 0.2) is 28.0 Å². The molecule has 0 aliphatic heterocycles. The lowest BCUT2D eigenvalue weighted by Gasteiger charge is -2.06. The molecule has 1 aromatic heterocycles. The van der Waals surface area contributed by atoms with Crippen molar-refractivity contribution in [2.45, 2.75) is 0 Å². The number of nitrogens with one attached hydrogen (secondary N) is 1. The average Bonchev–Trinajstić information content (AvgIpc) is 2.97. The molecule has 0 saturated carbocycles. The minimum atomic E-state index is -0.326. The van der Waals surface area contributed by atoms with E-state index in [2.05, 4.69) is 20.3 Å². The summed E-state index contributed by atoms with van der Waals surface area (Å²) in [6, 6.07) is 8.20. The van der Waals surface area contributed by atoms with E-state index in [9.17, 15) is 0 Å². The van der Waals surface area contributed by atoms with Crippen LogP contribution in [-0.2, 0) is 0 Å². The summed E-state index contributed by atoms with van der Waals surface area (Å²) in [5.41, 5.74) is 0.566. The Morgan fingerprint density at radius 1 is 1.15 bits per heavy atom. The van der Waals surface area contributed by atoms with Crippen molar-refractivity contribution in [1.29, 1.82) is 15.8 Å². The monoisotopic (exact) mass is 266 g/mol. The van der Waals surface area contributed by atoms with E-state index in [0.29, 0.717) is 22.5 Å². The summed E-state index contributed by atoms with van der Waals surface area (Å²) in [7, 11) is 1.47. The Labute approximate surface area is 113 Å². The van der Waals surface area contributed by atoms with Crippen molar-refractivity contribution in [3.63, 3.8) is 0 Å². The number of nitrogens with zero attached hydrogens (tertiary/aromatic N) is 5. The summed E-state index contributed by atoms with van der Waals surface area (Å²) in [5.74, 6) is 0.454. The number of fused-ring (bicyclic) bond motifs is 1. The second-order valence-corrected chi connectivity index (χ2v) is 3.49. The number of allylic oxidation sites excluding steroid dienone is 2. The Morgan fingerprint density at radius 2 is 1.85 bits per heavy atom. The van der Waals surface area contributed by atoms with E-state index >= 15 is 0 Å². The van der Waals surface area contributed by atoms with Crippen molar-refractivity contribution in [2.75, 3.05) is 12.4 Å². The first-order valence-electron chi connectivity index (χ1n) is 5.26. The number of hydrogen-bond acceptors (Lipinski definition) is 8. The maximum Gasteiger partial charge on any atom is 0.179 e. The fourth-order valence-corrected chi connectivity index (χ4v) is 1.53. The molecule has 8 heteroatoms. The van der Waals surface area contributed by atoms with Crippen LogP contribution in [0.25, 0.3) is 11.0 Å². The van der Waals surface area contributed by atoms with Gasteiger partial charge in [-0.15, -0.1) is 0 Å². The Balaban J connectivity index is 2.54. The fourth-order valence-electron chi connectivity index (χ4n) is 1.53. The molecule has 20 heavy (non-hydrogen) atoms. The van der Waals surface area contributed by atoms with Crippen LogP contribution >= 0.6 is 0 Å². The van der Waals surface area contributed by atoms with Crippen molar-refractivity contribution in [3.05, 3.63) is 23.4 Å². The number of anilines is 1. The molecule has 0 saturated heterocycles. The minimum absolute atomic E-state index is 0.176. The normalized spacial score (nSPS) is 9.10. The van der Waals surface area contributed by atoms with E-state index < -0.39 is 0 Å². The second-order valence-electron chi connectivity index (χ2n) is 3.49. The number of benzene rings is 1. The van der Waals surface area contributed by atoms with E-state index in [1.807, 2.05) is 0 Å². The van der Waals surface area contributed by atoms with E-state index in [1.165, 1.54) is 7.11 Å². The van der Waals surface area contributed by atoms with Gasteiger partial charge in [-0.05, 0) is 22.4 Å². The molecule has 2 rings (SSSR count). The zero-order valence-corrected chi connectivity index (χ0v) is 10.2. The Morgan fingerprint density at radius 3 is 2.45 bits per heavy atom. The van der Waals surface area contributed by atoms with Gasteiger partial charge in [0.25, 0.3) is 0 Å². The van der Waals surface area contributed by atoms with E-state index in [0.717, 1.165) is 0 Å². The molecule has 0 aliphatic carbocycles. The van der Waals surface area contributed by atoms with Gasteiger partial charge in [-0.2, -0.15) is 15.8 Å². The first kappa shape index (κ1) is 12.9. The first-order chi connectivity index (χ1) is 9.74. The summed E-state index contributed by atoms with van der Waals surface area (Å²) in [4.78, 5) is 0. The number of hydrogen-bond donors (Lipinski definition) is 1. The third-order valence-corrected chi connectivity index (χ3v) is 2.44. The molecule has 0 atom stereocenters. The fraction of sp³-hybridized carbons (Fsp3) is 0.0833. The number of rotatable bonds is 3. The highest BCUT2D eigenvalue weighted by Gasteiger charge is 2.14. The SMILES string of the molecule is COc1ccc(NC(C#N)=C(C#N)C#N)c2nonc12. The summed E-state index contributed by atoms with van der Waals surface area (Å²) in [6.45, 7) is 0. The lowest BCUT2D eigenvalue weighted by atomic mass is 10.2. The molecule has 96 valence electrons. The van der Waals surface area contributed by atoms with Crippen LogP contribution in [0.4, 0.5) is 5.69 Å². The van der Waals surface area contributed by atoms with Gasteiger partial charge < -0.3 is 10.1 Å². The van der Waals surface area contributed by atoms with Crippen LogP contribution < -0.4 is 10.1 Å². The van der Waals surface area contributed by atoms with Gasteiger partial charge in [0.1, 0.15) is 23.9 Å². The highest BCUT2D eigenvalue weighted by Crippen LogP contribution is 2.29. The van der Waals surface area contributed by atoms with Gasteiger partial charge in [-0.3, -0.25) is 0 Å². The molecule has 0 radical (unpaired) electrons. The maximum absolute atomic E-state index is 8.99. The standard InChI is InChI=1S/C12H6N6O2/c1-19-10-3-2-8(11-12(10)18-20-17-11)16-9(6-15)7(4-13)5-14/h2-3,16H,1H3. The molecule has 0 unspecified atom stereocenters. The summed E-state index contributed by atoms with van der Waals surface area (Å²) < 4.78 is 9.72. The first-order valence-corrected chi connectivity index (χ1v) is 5.26. The zero-order valence-electron chi connectivity index (χ0n) is 10.2. The lowest BCUT2D eigenvalue weighted by Crippen LogP contribution is -2.01. The zero-order chi connectivity index (χ0) is 14.5. The highest BCUT2D eigenvalue weighted by molar-refractivity contribution is 5.92. The number of aromatic nitrogens is 2. The molecule has 0 amide bonds. The van der Waals surface area contributed by atoms with E-state index in [1.54, 1.807) is 30.3 Å². The maximum atomic E-state index is 8.99. The van der Waals surface area contributed by atoms with Gasteiger partial charge in [0.2, 0.25) is 0 Å². The van der Waals surface area contributed by atoms with Gasteiger partial charge in [0, 0.05) is 0 Å². The van der Waals surface area contributed by atoms with Crippen LogP contribution in [0.3, 0.4) is 0 Å². The summed E-state index contributed by atoms with van der Waals surface area (Å²) in [5, 5.41) is 36.6. The molecule has 0 aliphatic rings. The average molecular weight is 266 g/mol. The Kier molecular flexibility index (Phi) is 3.47. The number of methoxy groups -OCH3 is 1. The van der Waals surface area contributed by atoms with Crippen molar-refractivity contribution < 1.29 is 9.37 Å². The number of ether oxygens (including phenoxy) is 1. The summed E-state index contributed by atoms with van der Waals surface area (Å²) in [6.07, 6.45) is 0. The van der Waals surface area contributed by atoms with Crippen LogP contribution in [-0.4, -0.2) is 17.4 Å². The van der Waals surface area contributed by atoms with Crippen LogP contribution in [0.5, 0.6) is 5.75 Å². The third kappa shape index (κ3) is 2.07. The topological polar surface area (TPSA) is 132 Å². The van der Waals surface area contributed by atoms with Crippen LogP contribution in [0, 0.1) is 34.0 Å². The van der Waals surface area contributed by atoms with Crippen molar-refractivity contribution in [3.8, 4) is 24.0 Å². The van der Waals surface area contributed by atoms with Gasteiger partial charge in [0.15, 0.2) is 22.4 Å². The largest absolute Gasteiger partial charge is 0.494 e. The molecule has 1 N–H and O–H groups in total. The van der Waals surface area contributed by atoms with Gasteiger partial charge in [-0.1, -0.05) is 0 Å². The highest BCUT2D eigenvalue weighted by atomic mass is 16.6. The number of nitriles is 3.